The second-order valence-electron chi connectivity index (χ2n) is 6.46. The molecule has 0 spiro atoms. The number of hydrogen-bond donors (Lipinski definition) is 2. The maximum Gasteiger partial charge on any atom is 0.325 e. The number of nitrogens with zero attached hydrogens (tertiary/aromatic N) is 1. The Morgan fingerprint density at radius 1 is 1.19 bits per heavy atom. The zero-order valence-electron chi connectivity index (χ0n) is 14.9. The van der Waals surface area contributed by atoms with Crippen molar-refractivity contribution in [3.05, 3.63) is 65.5 Å². The number of amides is 4. The van der Waals surface area contributed by atoms with E-state index in [9.17, 15) is 18.8 Å². The van der Waals surface area contributed by atoms with E-state index in [2.05, 4.69) is 10.6 Å². The van der Waals surface area contributed by atoms with E-state index in [1.165, 1.54) is 12.1 Å². The molecule has 1 aliphatic rings. The highest BCUT2D eigenvalue weighted by Crippen LogP contribution is 2.15. The molecule has 3 rings (SSSR count). The largest absolute Gasteiger partial charge is 0.326 e. The Morgan fingerprint density at radius 3 is 2.63 bits per heavy atom. The van der Waals surface area contributed by atoms with Crippen molar-refractivity contribution in [3.63, 3.8) is 0 Å². The molecule has 0 saturated carbocycles. The zero-order chi connectivity index (χ0) is 19.4. The molecule has 6 nitrogen and oxygen atoms in total. The van der Waals surface area contributed by atoms with Gasteiger partial charge >= 0.3 is 6.03 Å². The molecular weight excluding hydrogens is 349 g/mol. The van der Waals surface area contributed by atoms with Crippen LogP contribution in [0.25, 0.3) is 0 Å². The summed E-state index contributed by atoms with van der Waals surface area (Å²) in [4.78, 5) is 37.5. The lowest BCUT2D eigenvalue weighted by Crippen LogP contribution is -2.38. The Labute approximate surface area is 156 Å². The molecule has 27 heavy (non-hydrogen) atoms. The monoisotopic (exact) mass is 369 g/mol. The van der Waals surface area contributed by atoms with Gasteiger partial charge in [-0.3, -0.25) is 14.5 Å². The second-order valence-corrected chi connectivity index (χ2v) is 6.46. The summed E-state index contributed by atoms with van der Waals surface area (Å²) in [6.45, 7) is 1.20. The van der Waals surface area contributed by atoms with Gasteiger partial charge in [0.1, 0.15) is 18.4 Å². The average Bonchev–Trinajstić information content (AvgIpc) is 2.91. The summed E-state index contributed by atoms with van der Waals surface area (Å²) in [5.74, 6) is -1.43. The molecule has 4 amide bonds. The number of urea groups is 1. The molecule has 0 aromatic heterocycles. The van der Waals surface area contributed by atoms with E-state index in [1.54, 1.807) is 13.0 Å². The fourth-order valence-electron chi connectivity index (χ4n) is 2.89. The summed E-state index contributed by atoms with van der Waals surface area (Å²) in [7, 11) is 0. The summed E-state index contributed by atoms with van der Waals surface area (Å²) >= 11 is 0. The van der Waals surface area contributed by atoms with Gasteiger partial charge in [0.15, 0.2) is 0 Å². The lowest BCUT2D eigenvalue weighted by molar-refractivity contribution is -0.130. The number of nitrogens with one attached hydrogen (secondary N) is 2. The van der Waals surface area contributed by atoms with E-state index < -0.39 is 36.2 Å². The van der Waals surface area contributed by atoms with E-state index >= 15 is 0 Å². The molecule has 0 radical (unpaired) electrons. The molecule has 1 fully saturated rings. The first-order valence-corrected chi connectivity index (χ1v) is 8.66. The van der Waals surface area contributed by atoms with Crippen LogP contribution in [0, 0.1) is 12.7 Å². The van der Waals surface area contributed by atoms with Gasteiger partial charge in [-0.1, -0.05) is 36.4 Å². The summed E-state index contributed by atoms with van der Waals surface area (Å²) in [5.41, 5.74) is 1.80. The molecule has 2 aromatic rings. The van der Waals surface area contributed by atoms with Gasteiger partial charge in [0, 0.05) is 5.69 Å². The SMILES string of the molecule is Cc1ccc(NC(=O)CN2C(=O)N[C@@H](CCc3ccccc3)C2=O)cc1F. The summed E-state index contributed by atoms with van der Waals surface area (Å²) < 4.78 is 13.6. The van der Waals surface area contributed by atoms with Crippen LogP contribution in [0.2, 0.25) is 0 Å². The van der Waals surface area contributed by atoms with Crippen LogP contribution in [0.4, 0.5) is 14.9 Å². The molecule has 0 bridgehead atoms. The molecule has 1 heterocycles. The van der Waals surface area contributed by atoms with Crippen LogP contribution in [0.15, 0.2) is 48.5 Å². The van der Waals surface area contributed by atoms with Crippen molar-refractivity contribution in [2.75, 3.05) is 11.9 Å². The van der Waals surface area contributed by atoms with Crippen molar-refractivity contribution in [2.24, 2.45) is 0 Å². The smallest absolute Gasteiger partial charge is 0.325 e. The highest BCUT2D eigenvalue weighted by Gasteiger charge is 2.38. The fourth-order valence-corrected chi connectivity index (χ4v) is 2.89. The maximum absolute atomic E-state index is 13.6. The Hall–Kier alpha value is -3.22. The molecule has 0 unspecified atom stereocenters. The van der Waals surface area contributed by atoms with Crippen molar-refractivity contribution < 1.29 is 18.8 Å². The Morgan fingerprint density at radius 2 is 1.93 bits per heavy atom. The predicted molar refractivity (Wildman–Crippen MR) is 98.6 cm³/mol. The molecule has 140 valence electrons. The third kappa shape index (κ3) is 4.49. The number of hydrogen-bond acceptors (Lipinski definition) is 3. The molecule has 2 N–H and O–H groups in total. The number of benzene rings is 2. The number of halogens is 1. The molecule has 2 aromatic carbocycles. The number of anilines is 1. The van der Waals surface area contributed by atoms with Gasteiger partial charge in [0.2, 0.25) is 5.91 Å². The van der Waals surface area contributed by atoms with Gasteiger partial charge in [-0.2, -0.15) is 0 Å². The third-order valence-electron chi connectivity index (χ3n) is 4.43. The van der Waals surface area contributed by atoms with Crippen molar-refractivity contribution in [1.29, 1.82) is 0 Å². The Balaban J connectivity index is 1.56. The molecule has 1 aliphatic heterocycles. The highest BCUT2D eigenvalue weighted by atomic mass is 19.1. The minimum atomic E-state index is -0.651. The summed E-state index contributed by atoms with van der Waals surface area (Å²) in [6.07, 6.45) is 1.09. The predicted octanol–water partition coefficient (Wildman–Crippen LogP) is 2.63. The summed E-state index contributed by atoms with van der Waals surface area (Å²) in [6, 6.07) is 12.7. The van der Waals surface area contributed by atoms with E-state index in [0.29, 0.717) is 18.4 Å². The number of carbonyl (C=O) groups excluding carboxylic acids is 3. The van der Waals surface area contributed by atoms with Crippen LogP contribution in [-0.2, 0) is 16.0 Å². The van der Waals surface area contributed by atoms with Gasteiger partial charge in [0.05, 0.1) is 0 Å². The van der Waals surface area contributed by atoms with Crippen LogP contribution >= 0.6 is 0 Å². The maximum atomic E-state index is 13.6. The first-order valence-electron chi connectivity index (χ1n) is 8.66. The molecule has 1 atom stereocenters. The van der Waals surface area contributed by atoms with Crippen LogP contribution in [0.3, 0.4) is 0 Å². The topological polar surface area (TPSA) is 78.5 Å². The average molecular weight is 369 g/mol. The third-order valence-corrected chi connectivity index (χ3v) is 4.43. The first-order chi connectivity index (χ1) is 12.9. The van der Waals surface area contributed by atoms with E-state index in [4.69, 9.17) is 0 Å². The van der Waals surface area contributed by atoms with Crippen LogP contribution in [0.5, 0.6) is 0 Å². The van der Waals surface area contributed by atoms with Crippen LogP contribution in [0.1, 0.15) is 17.5 Å². The molecule has 7 heteroatoms. The molecule has 1 saturated heterocycles. The molecule has 0 aliphatic carbocycles. The minimum absolute atomic E-state index is 0.274. The van der Waals surface area contributed by atoms with Crippen molar-refractivity contribution in [2.45, 2.75) is 25.8 Å². The normalized spacial score (nSPS) is 16.4. The number of aryl methyl sites for hydroxylation is 2. The lowest BCUT2D eigenvalue weighted by atomic mass is 10.1. The second kappa shape index (κ2) is 7.99. The Kier molecular flexibility index (Phi) is 5.49. The van der Waals surface area contributed by atoms with Gasteiger partial charge in [-0.05, 0) is 43.0 Å². The van der Waals surface area contributed by atoms with E-state index in [0.717, 1.165) is 10.5 Å². The van der Waals surface area contributed by atoms with E-state index in [-0.39, 0.29) is 5.69 Å². The van der Waals surface area contributed by atoms with Gasteiger partial charge in [-0.25, -0.2) is 9.18 Å². The van der Waals surface area contributed by atoms with Gasteiger partial charge in [-0.15, -0.1) is 0 Å². The molecular formula is C20H20FN3O3. The number of rotatable bonds is 6. The lowest BCUT2D eigenvalue weighted by Gasteiger charge is -2.13. The standard InChI is InChI=1S/C20H20FN3O3/c1-13-7-9-15(11-16(13)21)22-18(25)12-24-19(26)17(23-20(24)27)10-8-14-5-3-2-4-6-14/h2-7,9,11,17H,8,10,12H2,1H3,(H,22,25)(H,23,27)/t17-/m0/s1. The van der Waals surface area contributed by atoms with E-state index in [1.807, 2.05) is 30.3 Å². The Bertz CT molecular complexity index is 870. The first kappa shape index (κ1) is 18.6. The van der Waals surface area contributed by atoms with Crippen molar-refractivity contribution in [3.8, 4) is 0 Å². The fraction of sp³-hybridized carbons (Fsp3) is 0.250. The summed E-state index contributed by atoms with van der Waals surface area (Å²) in [5, 5.41) is 5.11. The van der Waals surface area contributed by atoms with Crippen LogP contribution < -0.4 is 10.6 Å². The number of imide groups is 1. The van der Waals surface area contributed by atoms with Crippen LogP contribution in [-0.4, -0.2) is 35.3 Å². The highest BCUT2D eigenvalue weighted by molar-refractivity contribution is 6.07. The number of carbonyl (C=O) groups is 3. The van der Waals surface area contributed by atoms with Gasteiger partial charge < -0.3 is 10.6 Å². The van der Waals surface area contributed by atoms with Gasteiger partial charge in [0.25, 0.3) is 5.91 Å². The zero-order valence-corrected chi connectivity index (χ0v) is 14.9. The van der Waals surface area contributed by atoms with Crippen molar-refractivity contribution in [1.82, 2.24) is 10.2 Å². The quantitative estimate of drug-likeness (QED) is 0.769. The van der Waals surface area contributed by atoms with Crippen molar-refractivity contribution >= 4 is 23.5 Å². The minimum Gasteiger partial charge on any atom is -0.326 e.